The molecular weight excluding hydrogens is 182 g/mol. The van der Waals surface area contributed by atoms with Crippen LogP contribution in [0.5, 0.6) is 0 Å². The van der Waals surface area contributed by atoms with Crippen molar-refractivity contribution < 1.29 is 0 Å². The van der Waals surface area contributed by atoms with E-state index in [-0.39, 0.29) is 0 Å². The zero-order chi connectivity index (χ0) is 11.3. The van der Waals surface area contributed by atoms with Crippen LogP contribution in [0.15, 0.2) is 0 Å². The van der Waals surface area contributed by atoms with Crippen molar-refractivity contribution in [3.8, 4) is 0 Å². The predicted octanol–water partition coefficient (Wildman–Crippen LogP) is 3.84. The number of nitrogens with one attached hydrogen (secondary N) is 1. The lowest BCUT2D eigenvalue weighted by Gasteiger charge is -2.21. The molecule has 1 saturated carbocycles. The molecule has 0 bridgehead atoms. The second kappa shape index (κ2) is 6.52. The quantitative estimate of drug-likeness (QED) is 0.658. The van der Waals surface area contributed by atoms with E-state index in [9.17, 15) is 0 Å². The maximum Gasteiger partial charge on any atom is 0.00954 e. The van der Waals surface area contributed by atoms with E-state index in [0.29, 0.717) is 0 Å². The Morgan fingerprint density at radius 2 is 2.00 bits per heavy atom. The van der Waals surface area contributed by atoms with Gasteiger partial charge in [0.15, 0.2) is 0 Å². The molecule has 1 fully saturated rings. The van der Waals surface area contributed by atoms with Crippen molar-refractivity contribution in [1.82, 2.24) is 5.32 Å². The molecule has 0 heterocycles. The van der Waals surface area contributed by atoms with Crippen LogP contribution >= 0.6 is 0 Å². The van der Waals surface area contributed by atoms with Gasteiger partial charge >= 0.3 is 0 Å². The van der Waals surface area contributed by atoms with E-state index >= 15 is 0 Å². The fourth-order valence-corrected chi connectivity index (χ4v) is 2.91. The Kier molecular flexibility index (Phi) is 5.66. The van der Waals surface area contributed by atoms with Crippen molar-refractivity contribution in [1.29, 1.82) is 0 Å². The van der Waals surface area contributed by atoms with Crippen LogP contribution in [0.1, 0.15) is 59.8 Å². The lowest BCUT2D eigenvalue weighted by Crippen LogP contribution is -2.33. The van der Waals surface area contributed by atoms with Gasteiger partial charge in [0.1, 0.15) is 0 Å². The minimum absolute atomic E-state index is 0.808. The zero-order valence-electron chi connectivity index (χ0n) is 11.1. The third-order valence-corrected chi connectivity index (χ3v) is 4.12. The summed E-state index contributed by atoms with van der Waals surface area (Å²) >= 11 is 0. The first-order chi connectivity index (χ1) is 7.15. The van der Waals surface area contributed by atoms with Gasteiger partial charge < -0.3 is 5.32 Å². The van der Waals surface area contributed by atoms with Crippen LogP contribution in [0.4, 0.5) is 0 Å². The molecule has 3 unspecified atom stereocenters. The van der Waals surface area contributed by atoms with Crippen molar-refractivity contribution in [2.75, 3.05) is 6.54 Å². The molecule has 0 aromatic heterocycles. The first kappa shape index (κ1) is 13.0. The number of rotatable bonds is 6. The Hall–Kier alpha value is -0.0400. The minimum atomic E-state index is 0.808. The highest BCUT2D eigenvalue weighted by atomic mass is 14.9. The van der Waals surface area contributed by atoms with Gasteiger partial charge in [-0.3, -0.25) is 0 Å². The van der Waals surface area contributed by atoms with Crippen LogP contribution in [0.2, 0.25) is 0 Å². The molecule has 1 aliphatic carbocycles. The van der Waals surface area contributed by atoms with Gasteiger partial charge in [-0.25, -0.2) is 0 Å². The Bertz CT molecular complexity index is 165. The van der Waals surface area contributed by atoms with Crippen LogP contribution in [0.3, 0.4) is 0 Å². The third kappa shape index (κ3) is 4.14. The molecule has 1 heteroatoms. The SMILES string of the molecule is CCC1CCC(NCCCC(C)C)C1C. The highest BCUT2D eigenvalue weighted by Gasteiger charge is 2.30. The van der Waals surface area contributed by atoms with Gasteiger partial charge in [-0.1, -0.05) is 34.1 Å². The third-order valence-electron chi connectivity index (χ3n) is 4.12. The molecule has 1 nitrogen and oxygen atoms in total. The second-order valence-electron chi connectivity index (χ2n) is 5.70. The van der Waals surface area contributed by atoms with E-state index in [1.807, 2.05) is 0 Å². The summed E-state index contributed by atoms with van der Waals surface area (Å²) in [6.07, 6.45) is 6.93. The van der Waals surface area contributed by atoms with Gasteiger partial charge in [0.2, 0.25) is 0 Å². The van der Waals surface area contributed by atoms with Crippen LogP contribution < -0.4 is 5.32 Å². The molecule has 1 aliphatic rings. The normalized spacial score (nSPS) is 31.4. The van der Waals surface area contributed by atoms with Crippen molar-refractivity contribution in [3.05, 3.63) is 0 Å². The van der Waals surface area contributed by atoms with Crippen molar-refractivity contribution >= 4 is 0 Å². The standard InChI is InChI=1S/C14H29N/c1-5-13-8-9-14(12(13)4)15-10-6-7-11(2)3/h11-15H,5-10H2,1-4H3. The Morgan fingerprint density at radius 3 is 2.53 bits per heavy atom. The first-order valence-electron chi connectivity index (χ1n) is 6.88. The molecule has 0 radical (unpaired) electrons. The molecule has 1 rings (SSSR count). The first-order valence-corrected chi connectivity index (χ1v) is 6.88. The Balaban J connectivity index is 2.12. The molecule has 1 N–H and O–H groups in total. The predicted molar refractivity (Wildman–Crippen MR) is 68.0 cm³/mol. The molecule has 0 aromatic rings. The van der Waals surface area contributed by atoms with Crippen molar-refractivity contribution in [3.63, 3.8) is 0 Å². The van der Waals surface area contributed by atoms with E-state index in [1.54, 1.807) is 0 Å². The van der Waals surface area contributed by atoms with Gasteiger partial charge in [-0.2, -0.15) is 0 Å². The van der Waals surface area contributed by atoms with Crippen LogP contribution in [-0.2, 0) is 0 Å². The molecule has 0 aromatic carbocycles. The number of hydrogen-bond acceptors (Lipinski definition) is 1. The largest absolute Gasteiger partial charge is 0.314 e. The molecule has 3 atom stereocenters. The van der Waals surface area contributed by atoms with Crippen molar-refractivity contribution in [2.24, 2.45) is 17.8 Å². The molecule has 0 aliphatic heterocycles. The average molecular weight is 211 g/mol. The van der Waals surface area contributed by atoms with E-state index < -0.39 is 0 Å². The zero-order valence-corrected chi connectivity index (χ0v) is 11.1. The summed E-state index contributed by atoms with van der Waals surface area (Å²) in [5.74, 6) is 2.73. The summed E-state index contributed by atoms with van der Waals surface area (Å²) in [5.41, 5.74) is 0. The summed E-state index contributed by atoms with van der Waals surface area (Å²) in [7, 11) is 0. The summed E-state index contributed by atoms with van der Waals surface area (Å²) < 4.78 is 0. The minimum Gasteiger partial charge on any atom is -0.314 e. The Labute approximate surface area is 96.0 Å². The summed E-state index contributed by atoms with van der Waals surface area (Å²) in [6, 6.07) is 0.808. The maximum absolute atomic E-state index is 3.75. The van der Waals surface area contributed by atoms with E-state index in [0.717, 1.165) is 23.8 Å². The molecule has 0 amide bonds. The van der Waals surface area contributed by atoms with E-state index in [2.05, 4.69) is 33.0 Å². The van der Waals surface area contributed by atoms with Gasteiger partial charge in [-0.05, 0) is 50.0 Å². The van der Waals surface area contributed by atoms with Crippen LogP contribution in [0.25, 0.3) is 0 Å². The highest BCUT2D eigenvalue weighted by Crippen LogP contribution is 2.33. The highest BCUT2D eigenvalue weighted by molar-refractivity contribution is 4.86. The van der Waals surface area contributed by atoms with Gasteiger partial charge in [0, 0.05) is 6.04 Å². The molecule has 0 saturated heterocycles. The Morgan fingerprint density at radius 1 is 1.27 bits per heavy atom. The fraction of sp³-hybridized carbons (Fsp3) is 1.00. The summed E-state index contributed by atoms with van der Waals surface area (Å²) in [6.45, 7) is 10.6. The molecule has 15 heavy (non-hydrogen) atoms. The summed E-state index contributed by atoms with van der Waals surface area (Å²) in [4.78, 5) is 0. The van der Waals surface area contributed by atoms with E-state index in [4.69, 9.17) is 0 Å². The lowest BCUT2D eigenvalue weighted by atomic mass is 9.93. The van der Waals surface area contributed by atoms with E-state index in [1.165, 1.54) is 38.6 Å². The van der Waals surface area contributed by atoms with Gasteiger partial charge in [0.25, 0.3) is 0 Å². The van der Waals surface area contributed by atoms with Crippen LogP contribution in [0, 0.1) is 17.8 Å². The summed E-state index contributed by atoms with van der Waals surface area (Å²) in [5, 5.41) is 3.75. The second-order valence-corrected chi connectivity index (χ2v) is 5.70. The fourth-order valence-electron chi connectivity index (χ4n) is 2.91. The molecular formula is C14H29N. The smallest absolute Gasteiger partial charge is 0.00954 e. The molecule has 0 spiro atoms. The van der Waals surface area contributed by atoms with Crippen molar-refractivity contribution in [2.45, 2.75) is 65.8 Å². The van der Waals surface area contributed by atoms with Crippen LogP contribution in [-0.4, -0.2) is 12.6 Å². The monoisotopic (exact) mass is 211 g/mol. The topological polar surface area (TPSA) is 12.0 Å². The van der Waals surface area contributed by atoms with Gasteiger partial charge in [0.05, 0.1) is 0 Å². The lowest BCUT2D eigenvalue weighted by molar-refractivity contribution is 0.341. The van der Waals surface area contributed by atoms with Gasteiger partial charge in [-0.15, -0.1) is 0 Å². The number of hydrogen-bond donors (Lipinski definition) is 1. The maximum atomic E-state index is 3.75. The molecule has 90 valence electrons. The average Bonchev–Trinajstić information content (AvgIpc) is 2.54.